The van der Waals surface area contributed by atoms with E-state index in [2.05, 4.69) is 15.3 Å². The summed E-state index contributed by atoms with van der Waals surface area (Å²) in [6, 6.07) is 0.169. The maximum atomic E-state index is 11.6. The topological polar surface area (TPSA) is 73.3 Å². The largest absolute Gasteiger partial charge is 0.477 e. The fourth-order valence-corrected chi connectivity index (χ4v) is 2.40. The Morgan fingerprint density at radius 2 is 1.90 bits per heavy atom. The average molecular weight is 314 g/mol. The minimum Gasteiger partial charge on any atom is -0.477 e. The summed E-state index contributed by atoms with van der Waals surface area (Å²) in [4.78, 5) is 19.8. The number of rotatable bonds is 5. The van der Waals surface area contributed by atoms with Gasteiger partial charge in [-0.2, -0.15) is 0 Å². The van der Waals surface area contributed by atoms with Crippen molar-refractivity contribution in [1.29, 1.82) is 0 Å². The third kappa shape index (κ3) is 4.46. The van der Waals surface area contributed by atoms with Crippen molar-refractivity contribution in [1.82, 2.24) is 15.3 Å². The molecular weight excluding hydrogens is 294 g/mol. The van der Waals surface area contributed by atoms with Crippen LogP contribution in [0.4, 0.5) is 0 Å². The lowest BCUT2D eigenvalue weighted by molar-refractivity contribution is -0.121. The zero-order valence-electron chi connectivity index (χ0n) is 12.2. The van der Waals surface area contributed by atoms with E-state index < -0.39 is 5.38 Å². The number of aromatic nitrogens is 2. The van der Waals surface area contributed by atoms with Crippen LogP contribution in [0, 0.1) is 0 Å². The normalized spacial score (nSPS) is 23.2. The Morgan fingerprint density at radius 3 is 2.48 bits per heavy atom. The molecule has 1 aromatic rings. The molecule has 116 valence electrons. The fraction of sp³-hybridized carbons (Fsp3) is 0.643. The van der Waals surface area contributed by atoms with Crippen molar-refractivity contribution in [3.63, 3.8) is 0 Å². The lowest BCUT2D eigenvalue weighted by Gasteiger charge is -2.29. The summed E-state index contributed by atoms with van der Waals surface area (Å²) in [6.45, 7) is 1.67. The number of halogens is 1. The number of carbonyl (C=O) groups is 1. The van der Waals surface area contributed by atoms with Crippen LogP contribution < -0.4 is 14.8 Å². The Morgan fingerprint density at radius 1 is 1.29 bits per heavy atom. The van der Waals surface area contributed by atoms with E-state index in [1.165, 1.54) is 7.11 Å². The number of nitrogens with zero attached hydrogens (tertiary/aromatic N) is 2. The third-order valence-corrected chi connectivity index (χ3v) is 3.68. The van der Waals surface area contributed by atoms with Gasteiger partial charge in [0, 0.05) is 18.4 Å². The minimum absolute atomic E-state index is 0.0668. The van der Waals surface area contributed by atoms with Crippen LogP contribution in [0.5, 0.6) is 11.8 Å². The summed E-state index contributed by atoms with van der Waals surface area (Å²) in [5.74, 6) is 0.697. The Hall–Kier alpha value is -1.56. The third-order valence-electron chi connectivity index (χ3n) is 3.49. The van der Waals surface area contributed by atoms with E-state index in [1.807, 2.05) is 0 Å². The predicted octanol–water partition coefficient (Wildman–Crippen LogP) is 1.92. The first-order valence-electron chi connectivity index (χ1n) is 7.06. The highest BCUT2D eigenvalue weighted by Crippen LogP contribution is 2.27. The zero-order valence-corrected chi connectivity index (χ0v) is 13.0. The van der Waals surface area contributed by atoms with Crippen LogP contribution in [0.1, 0.15) is 32.6 Å². The number of ether oxygens (including phenoxy) is 2. The van der Waals surface area contributed by atoms with E-state index >= 15 is 0 Å². The molecule has 1 aliphatic carbocycles. The number of hydrogen-bond acceptors (Lipinski definition) is 5. The van der Waals surface area contributed by atoms with Crippen LogP contribution >= 0.6 is 11.6 Å². The van der Waals surface area contributed by atoms with Crippen LogP contribution in [0.2, 0.25) is 0 Å². The highest BCUT2D eigenvalue weighted by molar-refractivity contribution is 6.30. The quantitative estimate of drug-likeness (QED) is 0.841. The van der Waals surface area contributed by atoms with Gasteiger partial charge in [0.25, 0.3) is 11.8 Å². The number of amides is 1. The molecule has 1 N–H and O–H groups in total. The molecule has 1 aromatic heterocycles. The summed E-state index contributed by atoms with van der Waals surface area (Å²) in [6.07, 6.45) is 6.63. The first-order valence-corrected chi connectivity index (χ1v) is 7.50. The average Bonchev–Trinajstić information content (AvgIpc) is 2.49. The summed E-state index contributed by atoms with van der Waals surface area (Å²) >= 11 is 5.75. The maximum Gasteiger partial charge on any atom is 0.278 e. The molecule has 1 saturated carbocycles. The van der Waals surface area contributed by atoms with Crippen molar-refractivity contribution < 1.29 is 14.3 Å². The molecule has 0 saturated heterocycles. The Labute approximate surface area is 129 Å². The van der Waals surface area contributed by atoms with Crippen LogP contribution in [0.25, 0.3) is 0 Å². The molecule has 0 radical (unpaired) electrons. The molecule has 1 amide bonds. The fourth-order valence-electron chi connectivity index (χ4n) is 2.33. The van der Waals surface area contributed by atoms with Gasteiger partial charge >= 0.3 is 0 Å². The van der Waals surface area contributed by atoms with Gasteiger partial charge in [0.2, 0.25) is 5.91 Å². The van der Waals surface area contributed by atoms with Crippen molar-refractivity contribution in [2.75, 3.05) is 7.11 Å². The molecule has 0 aromatic carbocycles. The molecule has 21 heavy (non-hydrogen) atoms. The smallest absolute Gasteiger partial charge is 0.278 e. The van der Waals surface area contributed by atoms with Gasteiger partial charge in [-0.3, -0.25) is 4.79 Å². The van der Waals surface area contributed by atoms with Gasteiger partial charge in [0.15, 0.2) is 0 Å². The molecule has 1 heterocycles. The van der Waals surface area contributed by atoms with Gasteiger partial charge in [0.1, 0.15) is 11.5 Å². The van der Waals surface area contributed by atoms with Crippen molar-refractivity contribution in [3.05, 3.63) is 12.4 Å². The number of methoxy groups -OCH3 is 1. The number of hydrogen-bond donors (Lipinski definition) is 1. The molecule has 1 atom stereocenters. The van der Waals surface area contributed by atoms with Gasteiger partial charge in [-0.25, -0.2) is 9.97 Å². The second-order valence-electron chi connectivity index (χ2n) is 5.09. The van der Waals surface area contributed by atoms with Crippen LogP contribution in [-0.2, 0) is 4.79 Å². The van der Waals surface area contributed by atoms with E-state index in [0.717, 1.165) is 25.7 Å². The second-order valence-corrected chi connectivity index (χ2v) is 5.74. The molecule has 1 unspecified atom stereocenters. The Kier molecular flexibility index (Phi) is 5.61. The molecule has 7 heteroatoms. The zero-order chi connectivity index (χ0) is 15.2. The number of alkyl halides is 1. The van der Waals surface area contributed by atoms with Crippen molar-refractivity contribution in [2.45, 2.75) is 50.1 Å². The molecule has 0 spiro atoms. The molecule has 2 rings (SSSR count). The monoisotopic (exact) mass is 313 g/mol. The first-order chi connectivity index (χ1) is 10.1. The Balaban J connectivity index is 1.83. The molecule has 0 aliphatic heterocycles. The van der Waals surface area contributed by atoms with Crippen LogP contribution in [0.15, 0.2) is 12.4 Å². The van der Waals surface area contributed by atoms with E-state index in [4.69, 9.17) is 21.1 Å². The second kappa shape index (κ2) is 7.45. The van der Waals surface area contributed by atoms with E-state index in [9.17, 15) is 4.79 Å². The number of nitrogens with one attached hydrogen (secondary N) is 1. The molecular formula is C14H20ClN3O3. The van der Waals surface area contributed by atoms with Gasteiger partial charge in [0.05, 0.1) is 7.11 Å². The molecule has 1 aliphatic rings. The first kappa shape index (κ1) is 15.8. The minimum atomic E-state index is -0.497. The van der Waals surface area contributed by atoms with Crippen molar-refractivity contribution >= 4 is 17.5 Å². The van der Waals surface area contributed by atoms with Crippen molar-refractivity contribution in [3.8, 4) is 11.8 Å². The predicted molar refractivity (Wildman–Crippen MR) is 78.7 cm³/mol. The van der Waals surface area contributed by atoms with Gasteiger partial charge < -0.3 is 14.8 Å². The summed E-state index contributed by atoms with van der Waals surface area (Å²) in [5.41, 5.74) is 0. The SMILES string of the molecule is COc1nccnc1OC1CCC(NC(=O)C(C)Cl)CC1. The van der Waals surface area contributed by atoms with Crippen LogP contribution in [0.3, 0.4) is 0 Å². The van der Waals surface area contributed by atoms with E-state index in [1.54, 1.807) is 19.3 Å². The summed E-state index contributed by atoms with van der Waals surface area (Å²) in [7, 11) is 1.54. The molecule has 1 fully saturated rings. The molecule has 0 bridgehead atoms. The highest BCUT2D eigenvalue weighted by atomic mass is 35.5. The summed E-state index contributed by atoms with van der Waals surface area (Å²) in [5, 5.41) is 2.45. The lowest BCUT2D eigenvalue weighted by atomic mass is 9.93. The highest BCUT2D eigenvalue weighted by Gasteiger charge is 2.25. The van der Waals surface area contributed by atoms with Crippen molar-refractivity contribution in [2.24, 2.45) is 0 Å². The van der Waals surface area contributed by atoms with Gasteiger partial charge in [-0.15, -0.1) is 11.6 Å². The van der Waals surface area contributed by atoms with Gasteiger partial charge in [-0.05, 0) is 32.6 Å². The summed E-state index contributed by atoms with van der Waals surface area (Å²) < 4.78 is 11.0. The number of carbonyl (C=O) groups excluding carboxylic acids is 1. The maximum absolute atomic E-state index is 11.6. The van der Waals surface area contributed by atoms with E-state index in [-0.39, 0.29) is 18.1 Å². The molecule has 6 nitrogen and oxygen atoms in total. The van der Waals surface area contributed by atoms with Gasteiger partial charge in [-0.1, -0.05) is 0 Å². The van der Waals surface area contributed by atoms with E-state index in [0.29, 0.717) is 11.8 Å². The Bertz CT molecular complexity index is 476. The van der Waals surface area contributed by atoms with Crippen LogP contribution in [-0.4, -0.2) is 40.5 Å². The lowest BCUT2D eigenvalue weighted by Crippen LogP contribution is -2.42. The standard InChI is InChI=1S/C14H20ClN3O3/c1-9(15)12(19)18-10-3-5-11(6-4-10)21-14-13(20-2)16-7-8-17-14/h7-11H,3-6H2,1-2H3,(H,18,19).